The minimum absolute atomic E-state index is 0.308. The summed E-state index contributed by atoms with van der Waals surface area (Å²) in [6, 6.07) is 8.71. The number of benzene rings is 1. The summed E-state index contributed by atoms with van der Waals surface area (Å²) in [7, 11) is 0. The Morgan fingerprint density at radius 3 is 3.12 bits per heavy atom. The molecule has 4 rings (SSSR count). The summed E-state index contributed by atoms with van der Waals surface area (Å²) < 4.78 is 5.75. The van der Waals surface area contributed by atoms with Gasteiger partial charge in [0.15, 0.2) is 5.65 Å². The van der Waals surface area contributed by atoms with Gasteiger partial charge in [-0.3, -0.25) is 5.10 Å². The molecule has 24 heavy (non-hydrogen) atoms. The van der Waals surface area contributed by atoms with Gasteiger partial charge in [-0.1, -0.05) is 12.1 Å². The van der Waals surface area contributed by atoms with Crippen molar-refractivity contribution in [1.82, 2.24) is 20.5 Å². The molecule has 1 aliphatic rings. The van der Waals surface area contributed by atoms with Crippen LogP contribution in [-0.4, -0.2) is 27.8 Å². The molecule has 2 N–H and O–H groups in total. The van der Waals surface area contributed by atoms with Crippen LogP contribution in [0.1, 0.15) is 29.3 Å². The molecule has 1 aliphatic heterocycles. The molecule has 2 aromatic heterocycles. The van der Waals surface area contributed by atoms with Crippen molar-refractivity contribution >= 4 is 11.0 Å². The zero-order valence-electron chi connectivity index (χ0n) is 14.1. The van der Waals surface area contributed by atoms with Crippen LogP contribution in [-0.2, 0) is 19.4 Å². The standard InChI is InChI=1S/C19H22N4O/c1-12-7-16-8-14(3-4-18(16)24-12)5-6-20-10-15-9-17-13(2)22-23-19(17)21-11-15/h3-4,8-9,11-12,20H,5-7,10H2,1-2H3,(H,21,22,23). The molecule has 0 amide bonds. The molecule has 0 bridgehead atoms. The predicted molar refractivity (Wildman–Crippen MR) is 94.3 cm³/mol. The van der Waals surface area contributed by atoms with Gasteiger partial charge in [0.05, 0.1) is 0 Å². The molecule has 0 spiro atoms. The Labute approximate surface area is 141 Å². The molecule has 5 heteroatoms. The van der Waals surface area contributed by atoms with Crippen LogP contribution in [0.15, 0.2) is 30.5 Å². The minimum atomic E-state index is 0.308. The largest absolute Gasteiger partial charge is 0.490 e. The number of fused-ring (bicyclic) bond motifs is 2. The van der Waals surface area contributed by atoms with E-state index in [0.29, 0.717) is 6.10 Å². The first-order valence-corrected chi connectivity index (χ1v) is 8.48. The zero-order chi connectivity index (χ0) is 16.5. The fourth-order valence-corrected chi connectivity index (χ4v) is 3.26. The molecular weight excluding hydrogens is 300 g/mol. The van der Waals surface area contributed by atoms with Gasteiger partial charge in [0, 0.05) is 30.2 Å². The van der Waals surface area contributed by atoms with Gasteiger partial charge in [0.25, 0.3) is 0 Å². The number of rotatable bonds is 5. The van der Waals surface area contributed by atoms with Crippen molar-refractivity contribution in [1.29, 1.82) is 0 Å². The molecular formula is C19H22N4O. The second kappa shape index (κ2) is 6.24. The molecule has 0 aliphatic carbocycles. The van der Waals surface area contributed by atoms with Crippen molar-refractivity contribution in [2.75, 3.05) is 6.54 Å². The molecule has 1 aromatic carbocycles. The number of aromatic nitrogens is 3. The van der Waals surface area contributed by atoms with E-state index in [1.807, 2.05) is 13.1 Å². The van der Waals surface area contributed by atoms with Gasteiger partial charge in [-0.25, -0.2) is 4.98 Å². The predicted octanol–water partition coefficient (Wildman–Crippen LogP) is 2.92. The highest BCUT2D eigenvalue weighted by Gasteiger charge is 2.18. The first-order valence-electron chi connectivity index (χ1n) is 8.48. The summed E-state index contributed by atoms with van der Waals surface area (Å²) in [6.45, 7) is 5.90. The number of H-pyrrole nitrogens is 1. The van der Waals surface area contributed by atoms with Gasteiger partial charge in [-0.15, -0.1) is 0 Å². The average molecular weight is 322 g/mol. The molecule has 0 saturated carbocycles. The van der Waals surface area contributed by atoms with Crippen LogP contribution in [0.2, 0.25) is 0 Å². The third kappa shape index (κ3) is 2.99. The average Bonchev–Trinajstić information content (AvgIpc) is 3.13. The van der Waals surface area contributed by atoms with E-state index < -0.39 is 0 Å². The Bertz CT molecular complexity index is 871. The summed E-state index contributed by atoms with van der Waals surface area (Å²) >= 11 is 0. The van der Waals surface area contributed by atoms with Crippen molar-refractivity contribution in [3.05, 3.63) is 52.8 Å². The molecule has 0 radical (unpaired) electrons. The lowest BCUT2D eigenvalue weighted by Gasteiger charge is -2.07. The first-order chi connectivity index (χ1) is 11.7. The Morgan fingerprint density at radius 2 is 2.21 bits per heavy atom. The molecule has 124 valence electrons. The lowest BCUT2D eigenvalue weighted by atomic mass is 10.0. The Kier molecular flexibility index (Phi) is 3.94. The Balaban J connectivity index is 1.32. The fourth-order valence-electron chi connectivity index (χ4n) is 3.26. The number of nitrogens with zero attached hydrogens (tertiary/aromatic N) is 2. The van der Waals surface area contributed by atoms with E-state index in [9.17, 15) is 0 Å². The maximum absolute atomic E-state index is 5.75. The number of hydrogen-bond acceptors (Lipinski definition) is 4. The number of ether oxygens (including phenoxy) is 1. The number of nitrogens with one attached hydrogen (secondary N) is 2. The van der Waals surface area contributed by atoms with E-state index in [4.69, 9.17) is 4.74 Å². The van der Waals surface area contributed by atoms with E-state index in [1.165, 1.54) is 16.7 Å². The zero-order valence-corrected chi connectivity index (χ0v) is 14.1. The summed E-state index contributed by atoms with van der Waals surface area (Å²) in [5, 5.41) is 11.7. The van der Waals surface area contributed by atoms with Crippen LogP contribution < -0.4 is 10.1 Å². The normalized spacial score (nSPS) is 16.3. The minimum Gasteiger partial charge on any atom is -0.490 e. The van der Waals surface area contributed by atoms with Crippen molar-refractivity contribution in [3.8, 4) is 5.75 Å². The highest BCUT2D eigenvalue weighted by atomic mass is 16.5. The van der Waals surface area contributed by atoms with Crippen LogP contribution >= 0.6 is 0 Å². The fraction of sp³-hybridized carbons (Fsp3) is 0.368. The van der Waals surface area contributed by atoms with Gasteiger partial charge in [0.1, 0.15) is 11.9 Å². The van der Waals surface area contributed by atoms with Gasteiger partial charge in [0.2, 0.25) is 0 Å². The highest BCUT2D eigenvalue weighted by Crippen LogP contribution is 2.29. The van der Waals surface area contributed by atoms with Crippen LogP contribution in [0, 0.1) is 6.92 Å². The lowest BCUT2D eigenvalue weighted by molar-refractivity contribution is 0.254. The van der Waals surface area contributed by atoms with Gasteiger partial charge >= 0.3 is 0 Å². The van der Waals surface area contributed by atoms with E-state index in [2.05, 4.69) is 51.7 Å². The summed E-state index contributed by atoms with van der Waals surface area (Å²) in [6.07, 6.45) is 4.24. The summed E-state index contributed by atoms with van der Waals surface area (Å²) in [5.41, 5.74) is 5.73. The maximum Gasteiger partial charge on any atom is 0.181 e. The quantitative estimate of drug-likeness (QED) is 0.709. The van der Waals surface area contributed by atoms with Crippen molar-refractivity contribution in [3.63, 3.8) is 0 Å². The SMILES string of the molecule is Cc1[nH]nc2ncc(CNCCc3ccc4c(c3)CC(C)O4)cc12. The van der Waals surface area contributed by atoms with Crippen molar-refractivity contribution < 1.29 is 4.74 Å². The van der Waals surface area contributed by atoms with Crippen molar-refractivity contribution in [2.24, 2.45) is 0 Å². The molecule has 0 saturated heterocycles. The van der Waals surface area contributed by atoms with Crippen LogP contribution in [0.4, 0.5) is 0 Å². The number of aromatic amines is 1. The molecule has 5 nitrogen and oxygen atoms in total. The Hall–Kier alpha value is -2.40. The molecule has 1 atom stereocenters. The van der Waals surface area contributed by atoms with Crippen molar-refractivity contribution in [2.45, 2.75) is 39.3 Å². The topological polar surface area (TPSA) is 62.8 Å². The van der Waals surface area contributed by atoms with Gasteiger partial charge < -0.3 is 10.1 Å². The lowest BCUT2D eigenvalue weighted by Crippen LogP contribution is -2.16. The number of pyridine rings is 1. The maximum atomic E-state index is 5.75. The second-order valence-corrected chi connectivity index (χ2v) is 6.56. The smallest absolute Gasteiger partial charge is 0.181 e. The summed E-state index contributed by atoms with van der Waals surface area (Å²) in [4.78, 5) is 4.39. The monoisotopic (exact) mass is 322 g/mol. The van der Waals surface area contributed by atoms with E-state index in [0.717, 1.165) is 48.4 Å². The molecule has 1 unspecified atom stereocenters. The number of hydrogen-bond donors (Lipinski definition) is 2. The van der Waals surface area contributed by atoms with Gasteiger partial charge in [-0.2, -0.15) is 5.10 Å². The van der Waals surface area contributed by atoms with E-state index in [1.54, 1.807) is 0 Å². The molecule has 0 fully saturated rings. The Morgan fingerprint density at radius 1 is 1.29 bits per heavy atom. The molecule has 3 heterocycles. The summed E-state index contributed by atoms with van der Waals surface area (Å²) in [5.74, 6) is 1.05. The highest BCUT2D eigenvalue weighted by molar-refractivity contribution is 5.77. The molecule has 3 aromatic rings. The van der Waals surface area contributed by atoms with E-state index in [-0.39, 0.29) is 0 Å². The first kappa shape index (κ1) is 15.1. The van der Waals surface area contributed by atoms with Crippen LogP contribution in [0.3, 0.4) is 0 Å². The third-order valence-corrected chi connectivity index (χ3v) is 4.54. The second-order valence-electron chi connectivity index (χ2n) is 6.56. The van der Waals surface area contributed by atoms with Crippen LogP contribution in [0.5, 0.6) is 5.75 Å². The number of aryl methyl sites for hydroxylation is 1. The third-order valence-electron chi connectivity index (χ3n) is 4.54. The van der Waals surface area contributed by atoms with Gasteiger partial charge in [-0.05, 0) is 55.6 Å². The van der Waals surface area contributed by atoms with Crippen LogP contribution in [0.25, 0.3) is 11.0 Å². The van der Waals surface area contributed by atoms with E-state index >= 15 is 0 Å².